The van der Waals surface area contributed by atoms with E-state index in [1.54, 1.807) is 0 Å². The maximum absolute atomic E-state index is 4.26. The van der Waals surface area contributed by atoms with Gasteiger partial charge in [-0.25, -0.2) is 0 Å². The Morgan fingerprint density at radius 1 is 1.10 bits per heavy atom. The van der Waals surface area contributed by atoms with E-state index in [1.165, 1.54) is 5.52 Å². The summed E-state index contributed by atoms with van der Waals surface area (Å²) in [7, 11) is 0. The van der Waals surface area contributed by atoms with Crippen molar-refractivity contribution in [3.05, 3.63) is 36.5 Å². The molecule has 0 saturated heterocycles. The molecule has 0 aromatic carbocycles. The molecule has 10 heavy (non-hydrogen) atoms. The molecule has 0 radical (unpaired) electrons. The standard InChI is InChI=1S/C8H7NS/c10-8-5-4-7-3-1-2-6-9(7)8/h1-6,10H. The molecule has 2 aromatic rings. The normalized spacial score (nSPS) is 10.5. The lowest BCUT2D eigenvalue weighted by molar-refractivity contribution is 1.06. The van der Waals surface area contributed by atoms with Crippen molar-refractivity contribution in [2.24, 2.45) is 0 Å². The summed E-state index contributed by atoms with van der Waals surface area (Å²) >= 11 is 4.26. The smallest absolute Gasteiger partial charge is 0.0763 e. The van der Waals surface area contributed by atoms with Crippen molar-refractivity contribution in [3.63, 3.8) is 0 Å². The quantitative estimate of drug-likeness (QED) is 0.548. The van der Waals surface area contributed by atoms with Gasteiger partial charge >= 0.3 is 0 Å². The number of aromatic nitrogens is 1. The number of thiol groups is 1. The Bertz CT molecular complexity index is 351. The summed E-state index contributed by atoms with van der Waals surface area (Å²) in [6.45, 7) is 0. The van der Waals surface area contributed by atoms with Crippen molar-refractivity contribution in [1.82, 2.24) is 4.40 Å². The lowest BCUT2D eigenvalue weighted by Crippen LogP contribution is -1.79. The van der Waals surface area contributed by atoms with E-state index in [2.05, 4.69) is 18.7 Å². The highest BCUT2D eigenvalue weighted by Crippen LogP contribution is 2.11. The zero-order chi connectivity index (χ0) is 6.97. The fourth-order valence-electron chi connectivity index (χ4n) is 1.04. The summed E-state index contributed by atoms with van der Waals surface area (Å²) in [4.78, 5) is 0. The van der Waals surface area contributed by atoms with Gasteiger partial charge < -0.3 is 4.40 Å². The number of nitrogens with zero attached hydrogens (tertiary/aromatic N) is 1. The average Bonchev–Trinajstić information content (AvgIpc) is 2.34. The Kier molecular flexibility index (Phi) is 1.21. The molecule has 0 fully saturated rings. The summed E-state index contributed by atoms with van der Waals surface area (Å²) in [5.41, 5.74) is 1.19. The van der Waals surface area contributed by atoms with Crippen molar-refractivity contribution >= 4 is 18.1 Å². The van der Waals surface area contributed by atoms with Crippen molar-refractivity contribution in [2.45, 2.75) is 5.03 Å². The first kappa shape index (κ1) is 5.86. The van der Waals surface area contributed by atoms with Gasteiger partial charge in [0.05, 0.1) is 5.03 Å². The third kappa shape index (κ3) is 0.727. The summed E-state index contributed by atoms with van der Waals surface area (Å²) in [6, 6.07) is 10.1. The maximum Gasteiger partial charge on any atom is 0.0763 e. The van der Waals surface area contributed by atoms with Gasteiger partial charge in [0.2, 0.25) is 0 Å². The fraction of sp³-hybridized carbons (Fsp3) is 0. The Morgan fingerprint density at radius 2 is 2.00 bits per heavy atom. The van der Waals surface area contributed by atoms with E-state index in [-0.39, 0.29) is 0 Å². The van der Waals surface area contributed by atoms with Crippen LogP contribution in [0.3, 0.4) is 0 Å². The van der Waals surface area contributed by atoms with Gasteiger partial charge in [0.1, 0.15) is 0 Å². The van der Waals surface area contributed by atoms with Crippen LogP contribution in [0.15, 0.2) is 41.6 Å². The molecule has 0 amide bonds. The Balaban J connectivity index is 2.93. The second-order valence-corrected chi connectivity index (χ2v) is 2.65. The molecule has 2 heterocycles. The van der Waals surface area contributed by atoms with Gasteiger partial charge in [0.15, 0.2) is 0 Å². The molecule has 0 aliphatic heterocycles. The zero-order valence-corrected chi connectivity index (χ0v) is 6.25. The van der Waals surface area contributed by atoms with E-state index in [4.69, 9.17) is 0 Å². The number of hydrogen-bond donors (Lipinski definition) is 1. The molecule has 2 aromatic heterocycles. The number of rotatable bonds is 0. The summed E-state index contributed by atoms with van der Waals surface area (Å²) in [6.07, 6.45) is 2.00. The molecular formula is C8H7NS. The molecule has 0 saturated carbocycles. The van der Waals surface area contributed by atoms with Gasteiger partial charge in [-0.2, -0.15) is 0 Å². The van der Waals surface area contributed by atoms with Gasteiger partial charge in [0, 0.05) is 11.7 Å². The third-order valence-corrected chi connectivity index (χ3v) is 1.91. The Labute approximate surface area is 64.7 Å². The van der Waals surface area contributed by atoms with Crippen molar-refractivity contribution < 1.29 is 0 Å². The molecule has 0 aliphatic carbocycles. The van der Waals surface area contributed by atoms with Gasteiger partial charge in [-0.15, -0.1) is 12.6 Å². The van der Waals surface area contributed by atoms with E-state index in [0.29, 0.717) is 0 Å². The van der Waals surface area contributed by atoms with Gasteiger partial charge in [-0.1, -0.05) is 6.07 Å². The minimum absolute atomic E-state index is 0.982. The van der Waals surface area contributed by atoms with E-state index < -0.39 is 0 Å². The summed E-state index contributed by atoms with van der Waals surface area (Å²) in [5, 5.41) is 0.982. The predicted molar refractivity (Wildman–Crippen MR) is 44.6 cm³/mol. The number of pyridine rings is 1. The minimum atomic E-state index is 0.982. The van der Waals surface area contributed by atoms with Gasteiger partial charge in [-0.05, 0) is 24.3 Å². The fourth-order valence-corrected chi connectivity index (χ4v) is 1.30. The molecule has 1 nitrogen and oxygen atoms in total. The molecule has 50 valence electrons. The highest BCUT2D eigenvalue weighted by molar-refractivity contribution is 7.80. The largest absolute Gasteiger partial charge is 0.312 e. The predicted octanol–water partition coefficient (Wildman–Crippen LogP) is 2.23. The molecular weight excluding hydrogens is 142 g/mol. The Hall–Kier alpha value is -0.890. The maximum atomic E-state index is 4.26. The Morgan fingerprint density at radius 3 is 2.80 bits per heavy atom. The van der Waals surface area contributed by atoms with Gasteiger partial charge in [0.25, 0.3) is 0 Å². The number of hydrogen-bond acceptors (Lipinski definition) is 1. The molecule has 2 rings (SSSR count). The molecule has 0 unspecified atom stereocenters. The molecule has 0 aliphatic rings. The molecule has 0 spiro atoms. The minimum Gasteiger partial charge on any atom is -0.312 e. The van der Waals surface area contributed by atoms with Crippen LogP contribution < -0.4 is 0 Å². The van der Waals surface area contributed by atoms with Crippen LogP contribution in [0.4, 0.5) is 0 Å². The lowest BCUT2D eigenvalue weighted by Gasteiger charge is -1.93. The third-order valence-electron chi connectivity index (χ3n) is 1.54. The summed E-state index contributed by atoms with van der Waals surface area (Å²) in [5.74, 6) is 0. The van der Waals surface area contributed by atoms with Crippen LogP contribution in [0.2, 0.25) is 0 Å². The first-order chi connectivity index (χ1) is 4.88. The zero-order valence-electron chi connectivity index (χ0n) is 5.36. The van der Waals surface area contributed by atoms with E-state index >= 15 is 0 Å². The van der Waals surface area contributed by atoms with E-state index in [1.807, 2.05) is 34.9 Å². The highest BCUT2D eigenvalue weighted by Gasteiger charge is 1.92. The molecule has 0 atom stereocenters. The molecule has 0 N–H and O–H groups in total. The van der Waals surface area contributed by atoms with Crippen molar-refractivity contribution in [1.29, 1.82) is 0 Å². The van der Waals surface area contributed by atoms with Crippen LogP contribution in [0, 0.1) is 0 Å². The van der Waals surface area contributed by atoms with E-state index in [9.17, 15) is 0 Å². The highest BCUT2D eigenvalue weighted by atomic mass is 32.1. The SMILES string of the molecule is Sc1ccc2ccccn12. The van der Waals surface area contributed by atoms with Crippen LogP contribution >= 0.6 is 12.6 Å². The van der Waals surface area contributed by atoms with Crippen LogP contribution in [-0.4, -0.2) is 4.40 Å². The molecule has 0 bridgehead atoms. The average molecular weight is 149 g/mol. The second-order valence-electron chi connectivity index (χ2n) is 2.19. The first-order valence-corrected chi connectivity index (χ1v) is 3.58. The lowest BCUT2D eigenvalue weighted by atomic mass is 10.4. The topological polar surface area (TPSA) is 4.41 Å². The molecule has 2 heteroatoms. The monoisotopic (exact) mass is 149 g/mol. The van der Waals surface area contributed by atoms with Crippen molar-refractivity contribution in [3.8, 4) is 0 Å². The second kappa shape index (κ2) is 2.06. The first-order valence-electron chi connectivity index (χ1n) is 3.13. The van der Waals surface area contributed by atoms with Crippen LogP contribution in [-0.2, 0) is 0 Å². The number of fused-ring (bicyclic) bond motifs is 1. The van der Waals surface area contributed by atoms with Crippen molar-refractivity contribution in [2.75, 3.05) is 0 Å². The van der Waals surface area contributed by atoms with Gasteiger partial charge in [-0.3, -0.25) is 0 Å². The van der Waals surface area contributed by atoms with E-state index in [0.717, 1.165) is 5.03 Å². The van der Waals surface area contributed by atoms with Crippen LogP contribution in [0.5, 0.6) is 0 Å². The van der Waals surface area contributed by atoms with Crippen LogP contribution in [0.25, 0.3) is 5.52 Å². The summed E-state index contributed by atoms with van der Waals surface area (Å²) < 4.78 is 2.03. The van der Waals surface area contributed by atoms with Crippen LogP contribution in [0.1, 0.15) is 0 Å².